The van der Waals surface area contributed by atoms with E-state index in [1.165, 1.54) is 5.57 Å². The third-order valence-electron chi connectivity index (χ3n) is 2.03. The Labute approximate surface area is 83.2 Å². The van der Waals surface area contributed by atoms with Crippen molar-refractivity contribution in [3.63, 3.8) is 0 Å². The van der Waals surface area contributed by atoms with Crippen molar-refractivity contribution in [2.24, 2.45) is 5.11 Å². The van der Waals surface area contributed by atoms with Gasteiger partial charge in [-0.1, -0.05) is 30.4 Å². The third-order valence-corrected chi connectivity index (χ3v) is 2.03. The second-order valence-electron chi connectivity index (χ2n) is 3.09. The van der Waals surface area contributed by atoms with E-state index in [4.69, 9.17) is 10.3 Å². The zero-order valence-electron chi connectivity index (χ0n) is 8.02. The largest absolute Gasteiger partial charge is 0.370 e. The minimum absolute atomic E-state index is 0.105. The fourth-order valence-electron chi connectivity index (χ4n) is 1.31. The zero-order chi connectivity index (χ0) is 10.4. The first kappa shape index (κ1) is 10.6. The lowest BCUT2D eigenvalue weighted by Crippen LogP contribution is -2.07. The maximum Gasteiger partial charge on any atom is 0.0769 e. The fourth-order valence-corrected chi connectivity index (χ4v) is 1.31. The highest BCUT2D eigenvalue weighted by atomic mass is 16.5. The number of allylic oxidation sites excluding steroid dienone is 2. The molecule has 0 aromatic rings. The van der Waals surface area contributed by atoms with E-state index in [-0.39, 0.29) is 12.7 Å². The molecule has 4 heteroatoms. The molecule has 0 heterocycles. The third kappa shape index (κ3) is 3.09. The molecule has 1 unspecified atom stereocenters. The van der Waals surface area contributed by atoms with Gasteiger partial charge in [0.15, 0.2) is 0 Å². The van der Waals surface area contributed by atoms with Crippen LogP contribution < -0.4 is 0 Å². The van der Waals surface area contributed by atoms with Gasteiger partial charge < -0.3 is 4.74 Å². The van der Waals surface area contributed by atoms with Crippen molar-refractivity contribution in [1.82, 2.24) is 0 Å². The Bertz CT molecular complexity index is 313. The molecule has 0 radical (unpaired) electrons. The summed E-state index contributed by atoms with van der Waals surface area (Å²) in [6, 6.07) is 0. The topological polar surface area (TPSA) is 58.0 Å². The Kier molecular flexibility index (Phi) is 3.98. The summed E-state index contributed by atoms with van der Waals surface area (Å²) < 4.78 is 5.46. The molecule has 0 saturated heterocycles. The van der Waals surface area contributed by atoms with Gasteiger partial charge in [-0.15, -0.1) is 0 Å². The highest BCUT2D eigenvalue weighted by Crippen LogP contribution is 2.21. The number of nitrogens with zero attached hydrogens (tertiary/aromatic N) is 3. The van der Waals surface area contributed by atoms with Crippen LogP contribution in [0.5, 0.6) is 0 Å². The van der Waals surface area contributed by atoms with E-state index in [1.807, 2.05) is 12.2 Å². The Hall–Kier alpha value is -1.51. The van der Waals surface area contributed by atoms with Crippen LogP contribution in [0, 0.1) is 0 Å². The van der Waals surface area contributed by atoms with Gasteiger partial charge in [0.25, 0.3) is 0 Å². The minimum atomic E-state index is 0.105. The maximum atomic E-state index is 8.13. The normalized spacial score (nSPS) is 19.7. The lowest BCUT2D eigenvalue weighted by Gasteiger charge is -2.08. The number of rotatable bonds is 5. The summed E-state index contributed by atoms with van der Waals surface area (Å²) in [5.41, 5.74) is 9.75. The van der Waals surface area contributed by atoms with Gasteiger partial charge >= 0.3 is 0 Å². The molecular formula is C10H13N3O. The van der Waals surface area contributed by atoms with Crippen LogP contribution in [0.2, 0.25) is 0 Å². The molecule has 0 amide bonds. The predicted octanol–water partition coefficient (Wildman–Crippen LogP) is 3.10. The fraction of sp³-hybridized carbons (Fsp3) is 0.400. The maximum absolute atomic E-state index is 8.13. The van der Waals surface area contributed by atoms with Gasteiger partial charge in [0, 0.05) is 10.6 Å². The highest BCUT2D eigenvalue weighted by Gasteiger charge is 2.13. The molecule has 14 heavy (non-hydrogen) atoms. The standard InChI is InChI=1S/C10H13N3O/c1-3-9-4-5-10(6-9)14-7-8(2)12-13-11/h3,6,10H,1-2,4-5,7H2. The van der Waals surface area contributed by atoms with E-state index < -0.39 is 0 Å². The van der Waals surface area contributed by atoms with Crippen molar-refractivity contribution < 1.29 is 4.74 Å². The molecular weight excluding hydrogens is 178 g/mol. The molecule has 0 aromatic heterocycles. The lowest BCUT2D eigenvalue weighted by atomic mass is 10.2. The van der Waals surface area contributed by atoms with Crippen molar-refractivity contribution >= 4 is 0 Å². The van der Waals surface area contributed by atoms with Crippen molar-refractivity contribution in [1.29, 1.82) is 0 Å². The Morgan fingerprint density at radius 2 is 2.64 bits per heavy atom. The number of hydrogen-bond acceptors (Lipinski definition) is 2. The molecule has 1 atom stereocenters. The number of hydrogen-bond donors (Lipinski definition) is 0. The summed E-state index contributed by atoms with van der Waals surface area (Å²) in [4.78, 5) is 2.63. The summed E-state index contributed by atoms with van der Waals surface area (Å²) >= 11 is 0. The Balaban J connectivity index is 2.33. The molecule has 0 bridgehead atoms. The number of ether oxygens (including phenoxy) is 1. The SMILES string of the molecule is C=CC1=CC(OCC(=C)N=[N+]=[N-])CC1. The first-order valence-electron chi connectivity index (χ1n) is 4.44. The van der Waals surface area contributed by atoms with Crippen LogP contribution in [0.1, 0.15) is 12.8 Å². The molecule has 0 aromatic carbocycles. The molecule has 1 aliphatic carbocycles. The molecule has 0 aliphatic heterocycles. The van der Waals surface area contributed by atoms with Crippen molar-refractivity contribution in [3.05, 3.63) is 47.0 Å². The molecule has 1 rings (SSSR count). The van der Waals surface area contributed by atoms with Crippen LogP contribution in [0.15, 0.2) is 41.7 Å². The van der Waals surface area contributed by atoms with Gasteiger partial charge in [0.2, 0.25) is 0 Å². The summed E-state index contributed by atoms with van der Waals surface area (Å²) in [6.07, 6.45) is 5.95. The molecule has 1 aliphatic rings. The van der Waals surface area contributed by atoms with Gasteiger partial charge in [0.1, 0.15) is 0 Å². The zero-order valence-corrected chi connectivity index (χ0v) is 8.02. The van der Waals surface area contributed by atoms with Gasteiger partial charge in [-0.2, -0.15) is 0 Å². The van der Waals surface area contributed by atoms with Gasteiger partial charge in [0.05, 0.1) is 12.7 Å². The van der Waals surface area contributed by atoms with Crippen LogP contribution in [-0.2, 0) is 4.74 Å². The summed E-state index contributed by atoms with van der Waals surface area (Å²) in [7, 11) is 0. The smallest absolute Gasteiger partial charge is 0.0769 e. The van der Waals surface area contributed by atoms with Gasteiger partial charge in [-0.3, -0.25) is 0 Å². The van der Waals surface area contributed by atoms with Crippen LogP contribution >= 0.6 is 0 Å². The van der Waals surface area contributed by atoms with Crippen molar-refractivity contribution in [2.75, 3.05) is 6.61 Å². The van der Waals surface area contributed by atoms with Crippen LogP contribution in [0.4, 0.5) is 0 Å². The van der Waals surface area contributed by atoms with E-state index in [9.17, 15) is 0 Å². The second kappa shape index (κ2) is 5.27. The van der Waals surface area contributed by atoms with E-state index >= 15 is 0 Å². The predicted molar refractivity (Wildman–Crippen MR) is 55.5 cm³/mol. The van der Waals surface area contributed by atoms with Crippen LogP contribution in [0.25, 0.3) is 10.4 Å². The van der Waals surface area contributed by atoms with Crippen molar-refractivity contribution in [2.45, 2.75) is 18.9 Å². The summed E-state index contributed by atoms with van der Waals surface area (Å²) in [5.74, 6) is 0. The monoisotopic (exact) mass is 191 g/mol. The lowest BCUT2D eigenvalue weighted by molar-refractivity contribution is 0.103. The molecule has 0 spiro atoms. The molecule has 4 nitrogen and oxygen atoms in total. The second-order valence-corrected chi connectivity index (χ2v) is 3.09. The molecule has 0 fully saturated rings. The minimum Gasteiger partial charge on any atom is -0.370 e. The van der Waals surface area contributed by atoms with E-state index in [0.717, 1.165) is 12.8 Å². The first-order valence-corrected chi connectivity index (χ1v) is 4.44. The number of azide groups is 1. The average Bonchev–Trinajstić information content (AvgIpc) is 2.63. The van der Waals surface area contributed by atoms with Gasteiger partial charge in [-0.25, -0.2) is 0 Å². The Morgan fingerprint density at radius 1 is 1.86 bits per heavy atom. The summed E-state index contributed by atoms with van der Waals surface area (Å²) in [6.45, 7) is 7.54. The molecule has 0 N–H and O–H groups in total. The van der Waals surface area contributed by atoms with E-state index in [2.05, 4.69) is 23.2 Å². The first-order chi connectivity index (χ1) is 6.76. The summed E-state index contributed by atoms with van der Waals surface area (Å²) in [5, 5.41) is 3.34. The van der Waals surface area contributed by atoms with Crippen LogP contribution in [-0.4, -0.2) is 12.7 Å². The van der Waals surface area contributed by atoms with E-state index in [0.29, 0.717) is 5.70 Å². The highest BCUT2D eigenvalue weighted by molar-refractivity contribution is 5.22. The quantitative estimate of drug-likeness (QED) is 0.374. The molecule has 0 saturated carbocycles. The molecule has 74 valence electrons. The Morgan fingerprint density at radius 3 is 3.21 bits per heavy atom. The van der Waals surface area contributed by atoms with Gasteiger partial charge in [-0.05, 0) is 23.9 Å². The average molecular weight is 191 g/mol. The van der Waals surface area contributed by atoms with Crippen LogP contribution in [0.3, 0.4) is 0 Å². The van der Waals surface area contributed by atoms with Crippen molar-refractivity contribution in [3.8, 4) is 0 Å². The van der Waals surface area contributed by atoms with E-state index in [1.54, 1.807) is 0 Å².